The monoisotopic (exact) mass is 266 g/mol. The van der Waals surface area contributed by atoms with Crippen molar-refractivity contribution in [3.63, 3.8) is 0 Å². The lowest BCUT2D eigenvalue weighted by Gasteiger charge is -2.40. The fourth-order valence-corrected chi connectivity index (χ4v) is 2.94. The summed E-state index contributed by atoms with van der Waals surface area (Å²) >= 11 is 0. The van der Waals surface area contributed by atoms with Crippen LogP contribution in [-0.2, 0) is 10.3 Å². The average Bonchev–Trinajstić information content (AvgIpc) is 2.91. The van der Waals surface area contributed by atoms with Crippen LogP contribution in [0.5, 0.6) is 0 Å². The predicted molar refractivity (Wildman–Crippen MR) is 69.2 cm³/mol. The molecule has 0 saturated carbocycles. The van der Waals surface area contributed by atoms with E-state index in [1.807, 2.05) is 6.92 Å². The molecule has 1 fully saturated rings. The highest BCUT2D eigenvalue weighted by molar-refractivity contribution is 5.68. The van der Waals surface area contributed by atoms with Crippen molar-refractivity contribution < 1.29 is 14.3 Å². The first kappa shape index (κ1) is 13.9. The molecule has 1 aliphatic heterocycles. The summed E-state index contributed by atoms with van der Waals surface area (Å²) in [5.74, 6) is -1.25. The highest BCUT2D eigenvalue weighted by atomic mass is 19.1. The Balaban J connectivity index is 2.41. The molecule has 5 heteroatoms. The molecule has 0 amide bonds. The minimum atomic E-state index is -0.847. The van der Waals surface area contributed by atoms with Gasteiger partial charge < -0.3 is 5.11 Å². The Morgan fingerprint density at radius 2 is 2.16 bits per heavy atom. The second kappa shape index (κ2) is 5.65. The molecule has 1 aliphatic rings. The molecule has 1 aromatic rings. The molecule has 1 saturated heterocycles. The highest BCUT2D eigenvalue weighted by Crippen LogP contribution is 2.37. The van der Waals surface area contributed by atoms with E-state index in [0.29, 0.717) is 12.1 Å². The molecular weight excluding hydrogens is 247 g/mol. The maximum absolute atomic E-state index is 13.0. The van der Waals surface area contributed by atoms with E-state index < -0.39 is 17.3 Å². The Labute approximate surface area is 112 Å². The second-order valence-electron chi connectivity index (χ2n) is 5.01. The Hall–Kier alpha value is -1.49. The summed E-state index contributed by atoms with van der Waals surface area (Å²) < 4.78 is 13.0. The number of halogens is 1. The van der Waals surface area contributed by atoms with Gasteiger partial charge in [0.15, 0.2) is 0 Å². The van der Waals surface area contributed by atoms with Crippen molar-refractivity contribution >= 4 is 5.97 Å². The minimum Gasteiger partial charge on any atom is -0.481 e. The van der Waals surface area contributed by atoms with Crippen molar-refractivity contribution in [3.8, 4) is 0 Å². The number of carbonyl (C=O) groups is 1. The first-order valence-corrected chi connectivity index (χ1v) is 6.67. The lowest BCUT2D eigenvalue weighted by atomic mass is 9.86. The van der Waals surface area contributed by atoms with Crippen LogP contribution in [0.15, 0.2) is 18.3 Å². The van der Waals surface area contributed by atoms with Crippen molar-refractivity contribution in [2.45, 2.75) is 38.1 Å². The first-order valence-electron chi connectivity index (χ1n) is 6.67. The molecule has 0 radical (unpaired) electrons. The van der Waals surface area contributed by atoms with Gasteiger partial charge >= 0.3 is 5.97 Å². The number of aromatic nitrogens is 1. The van der Waals surface area contributed by atoms with Crippen LogP contribution < -0.4 is 0 Å². The summed E-state index contributed by atoms with van der Waals surface area (Å²) in [6, 6.07) is 2.96. The zero-order valence-electron chi connectivity index (χ0n) is 11.1. The normalized spacial score (nSPS) is 19.3. The standard InChI is InChI=1S/C14H19FN2O2/c1-2-14(9-13(18)19,17-7-3-4-8-17)12-6-5-11(15)10-16-12/h5-6,10H,2-4,7-9H2,1H3,(H,18,19). The van der Waals surface area contributed by atoms with E-state index in [2.05, 4.69) is 9.88 Å². The lowest BCUT2D eigenvalue weighted by molar-refractivity contribution is -0.140. The smallest absolute Gasteiger partial charge is 0.305 e. The molecule has 0 aliphatic carbocycles. The average molecular weight is 266 g/mol. The van der Waals surface area contributed by atoms with E-state index >= 15 is 0 Å². The van der Waals surface area contributed by atoms with Crippen LogP contribution in [0.25, 0.3) is 0 Å². The Kier molecular flexibility index (Phi) is 4.14. The van der Waals surface area contributed by atoms with E-state index in [1.54, 1.807) is 6.07 Å². The van der Waals surface area contributed by atoms with Crippen molar-refractivity contribution in [2.24, 2.45) is 0 Å². The Bertz CT molecular complexity index is 443. The van der Waals surface area contributed by atoms with Crippen LogP contribution in [0, 0.1) is 5.82 Å². The van der Waals surface area contributed by atoms with E-state index in [1.165, 1.54) is 6.07 Å². The van der Waals surface area contributed by atoms with Crippen molar-refractivity contribution in [2.75, 3.05) is 13.1 Å². The van der Waals surface area contributed by atoms with Crippen molar-refractivity contribution in [1.82, 2.24) is 9.88 Å². The van der Waals surface area contributed by atoms with E-state index in [4.69, 9.17) is 0 Å². The number of aliphatic carboxylic acids is 1. The summed E-state index contributed by atoms with van der Waals surface area (Å²) in [6.07, 6.45) is 3.96. The molecule has 1 N–H and O–H groups in total. The van der Waals surface area contributed by atoms with Crippen molar-refractivity contribution in [1.29, 1.82) is 0 Å². The molecule has 104 valence electrons. The molecule has 1 unspecified atom stereocenters. The van der Waals surface area contributed by atoms with Gasteiger partial charge in [-0.25, -0.2) is 4.39 Å². The molecule has 19 heavy (non-hydrogen) atoms. The molecular formula is C14H19FN2O2. The minimum absolute atomic E-state index is 0.00212. The van der Waals surface area contributed by atoms with Gasteiger partial charge in [0, 0.05) is 0 Å². The summed E-state index contributed by atoms with van der Waals surface area (Å²) in [7, 11) is 0. The third kappa shape index (κ3) is 2.76. The van der Waals surface area contributed by atoms with E-state index in [-0.39, 0.29) is 6.42 Å². The van der Waals surface area contributed by atoms with Gasteiger partial charge in [-0.1, -0.05) is 6.92 Å². The fraction of sp³-hybridized carbons (Fsp3) is 0.571. The number of likely N-dealkylation sites (tertiary alicyclic amines) is 1. The molecule has 2 heterocycles. The van der Waals surface area contributed by atoms with Crippen LogP contribution in [0.2, 0.25) is 0 Å². The van der Waals surface area contributed by atoms with Crippen LogP contribution in [0.1, 0.15) is 38.3 Å². The van der Waals surface area contributed by atoms with Gasteiger partial charge in [-0.15, -0.1) is 0 Å². The van der Waals surface area contributed by atoms with Crippen LogP contribution in [0.3, 0.4) is 0 Å². The largest absolute Gasteiger partial charge is 0.481 e. The van der Waals surface area contributed by atoms with Crippen molar-refractivity contribution in [3.05, 3.63) is 29.8 Å². The van der Waals surface area contributed by atoms with Gasteiger partial charge in [-0.3, -0.25) is 14.7 Å². The zero-order valence-corrected chi connectivity index (χ0v) is 11.1. The maximum Gasteiger partial charge on any atom is 0.305 e. The summed E-state index contributed by atoms with van der Waals surface area (Å²) in [5, 5.41) is 9.23. The summed E-state index contributed by atoms with van der Waals surface area (Å²) in [6.45, 7) is 3.71. The molecule has 4 nitrogen and oxygen atoms in total. The number of hydrogen-bond acceptors (Lipinski definition) is 3. The van der Waals surface area contributed by atoms with E-state index in [9.17, 15) is 14.3 Å². The van der Waals surface area contributed by atoms with Gasteiger partial charge in [0.1, 0.15) is 5.82 Å². The molecule has 0 aromatic carbocycles. The van der Waals surface area contributed by atoms with Gasteiger partial charge in [0.05, 0.1) is 23.9 Å². The molecule has 1 aromatic heterocycles. The first-order chi connectivity index (χ1) is 9.08. The highest BCUT2D eigenvalue weighted by Gasteiger charge is 2.41. The maximum atomic E-state index is 13.0. The van der Waals surface area contributed by atoms with Crippen LogP contribution in [-0.4, -0.2) is 34.0 Å². The third-order valence-electron chi connectivity index (χ3n) is 3.94. The predicted octanol–water partition coefficient (Wildman–Crippen LogP) is 2.40. The summed E-state index contributed by atoms with van der Waals surface area (Å²) in [5.41, 5.74) is 0.0384. The molecule has 2 rings (SSSR count). The molecule has 0 spiro atoms. The number of hydrogen-bond donors (Lipinski definition) is 1. The zero-order chi connectivity index (χ0) is 13.9. The quantitative estimate of drug-likeness (QED) is 0.889. The summed E-state index contributed by atoms with van der Waals surface area (Å²) in [4.78, 5) is 17.6. The number of carboxylic acids is 1. The van der Waals surface area contributed by atoms with Gasteiger partial charge in [0.2, 0.25) is 0 Å². The number of pyridine rings is 1. The molecule has 0 bridgehead atoms. The van der Waals surface area contributed by atoms with Gasteiger partial charge in [0.25, 0.3) is 0 Å². The number of rotatable bonds is 5. The van der Waals surface area contributed by atoms with Gasteiger partial charge in [-0.2, -0.15) is 0 Å². The van der Waals surface area contributed by atoms with Crippen LogP contribution >= 0.6 is 0 Å². The number of nitrogens with zero attached hydrogens (tertiary/aromatic N) is 2. The SMILES string of the molecule is CCC(CC(=O)O)(c1ccc(F)cn1)N1CCCC1. The number of carboxylic acid groups (broad SMARTS) is 1. The molecule has 1 atom stereocenters. The van der Waals surface area contributed by atoms with Crippen LogP contribution in [0.4, 0.5) is 4.39 Å². The fourth-order valence-electron chi connectivity index (χ4n) is 2.94. The topological polar surface area (TPSA) is 53.4 Å². The Morgan fingerprint density at radius 1 is 1.47 bits per heavy atom. The van der Waals surface area contributed by atoms with E-state index in [0.717, 1.165) is 32.1 Å². The second-order valence-corrected chi connectivity index (χ2v) is 5.01. The lowest BCUT2D eigenvalue weighted by Crippen LogP contribution is -2.46. The van der Waals surface area contributed by atoms with Gasteiger partial charge in [-0.05, 0) is 44.5 Å². The third-order valence-corrected chi connectivity index (χ3v) is 3.94. The Morgan fingerprint density at radius 3 is 2.63 bits per heavy atom.